The maximum atomic E-state index is 11.9. The average Bonchev–Trinajstić information content (AvgIpc) is 2.97. The van der Waals surface area contributed by atoms with Gasteiger partial charge < -0.3 is 15.7 Å². The molecule has 0 saturated carbocycles. The van der Waals surface area contributed by atoms with Crippen molar-refractivity contribution < 1.29 is 14.7 Å². The van der Waals surface area contributed by atoms with Crippen LogP contribution in [0.3, 0.4) is 0 Å². The van der Waals surface area contributed by atoms with Crippen LogP contribution in [-0.2, 0) is 16.6 Å². The van der Waals surface area contributed by atoms with Crippen molar-refractivity contribution in [3.63, 3.8) is 0 Å². The van der Waals surface area contributed by atoms with Crippen molar-refractivity contribution >= 4 is 11.9 Å². The van der Waals surface area contributed by atoms with Gasteiger partial charge in [-0.3, -0.25) is 9.48 Å². The molecule has 0 aromatic carbocycles. The highest BCUT2D eigenvalue weighted by Gasteiger charge is 2.25. The second kappa shape index (κ2) is 5.83. The lowest BCUT2D eigenvalue weighted by Crippen LogP contribution is -2.34. The van der Waals surface area contributed by atoms with E-state index >= 15 is 0 Å². The minimum atomic E-state index is -1.08. The summed E-state index contributed by atoms with van der Waals surface area (Å²) < 4.78 is 1.51. The molecule has 1 aromatic heterocycles. The Kier molecular flexibility index (Phi) is 4.16. The molecule has 0 radical (unpaired) electrons. The molecule has 1 aromatic rings. The Bertz CT molecular complexity index is 465. The first-order valence-corrected chi connectivity index (χ1v) is 6.27. The maximum absolute atomic E-state index is 11.9. The van der Waals surface area contributed by atoms with Crippen LogP contribution >= 0.6 is 0 Å². The lowest BCUT2D eigenvalue weighted by molar-refractivity contribution is -0.142. The van der Waals surface area contributed by atoms with Crippen molar-refractivity contribution in [1.29, 1.82) is 0 Å². The van der Waals surface area contributed by atoms with Crippen LogP contribution in [0.1, 0.15) is 24.4 Å². The van der Waals surface area contributed by atoms with E-state index in [0.29, 0.717) is 17.9 Å². The fourth-order valence-electron chi connectivity index (χ4n) is 2.25. The summed E-state index contributed by atoms with van der Waals surface area (Å²) in [5.41, 5.74) is 0.480. The van der Waals surface area contributed by atoms with Crippen LogP contribution in [-0.4, -0.2) is 39.9 Å². The Hall–Kier alpha value is -1.89. The normalized spacial score (nSPS) is 20.2. The van der Waals surface area contributed by atoms with Crippen LogP contribution in [0.25, 0.3) is 0 Å². The number of amides is 1. The molecule has 19 heavy (non-hydrogen) atoms. The second-order valence-corrected chi connectivity index (χ2v) is 4.85. The second-order valence-electron chi connectivity index (χ2n) is 4.85. The summed E-state index contributed by atoms with van der Waals surface area (Å²) in [7, 11) is 1.70. The standard InChI is InChI=1S/C12H18N4O3/c1-16-7-9(6-14-16)11(12(18)19)15-10(17)4-8-2-3-13-5-8/h6-8,11,13H,2-5H2,1H3,(H,15,17)(H,18,19). The molecule has 0 aliphatic carbocycles. The van der Waals surface area contributed by atoms with E-state index in [4.69, 9.17) is 0 Å². The number of carboxylic acid groups (broad SMARTS) is 1. The van der Waals surface area contributed by atoms with E-state index in [0.717, 1.165) is 19.5 Å². The summed E-state index contributed by atoms with van der Waals surface area (Å²) in [5, 5.41) is 18.8. The highest BCUT2D eigenvalue weighted by molar-refractivity contribution is 5.84. The lowest BCUT2D eigenvalue weighted by Gasteiger charge is -2.14. The largest absolute Gasteiger partial charge is 0.479 e. The van der Waals surface area contributed by atoms with Gasteiger partial charge in [-0.1, -0.05) is 0 Å². The third-order valence-corrected chi connectivity index (χ3v) is 3.25. The van der Waals surface area contributed by atoms with Crippen molar-refractivity contribution in [1.82, 2.24) is 20.4 Å². The van der Waals surface area contributed by atoms with Crippen molar-refractivity contribution in [3.05, 3.63) is 18.0 Å². The number of carboxylic acids is 1. The molecular formula is C12H18N4O3. The first-order chi connectivity index (χ1) is 9.06. The third kappa shape index (κ3) is 3.54. The summed E-state index contributed by atoms with van der Waals surface area (Å²) in [6, 6.07) is -1.03. The number of aryl methyl sites for hydroxylation is 1. The number of carbonyl (C=O) groups is 2. The summed E-state index contributed by atoms with van der Waals surface area (Å²) in [5.74, 6) is -1.01. The summed E-state index contributed by atoms with van der Waals surface area (Å²) in [6.45, 7) is 1.74. The molecule has 2 atom stereocenters. The van der Waals surface area contributed by atoms with Gasteiger partial charge in [0.05, 0.1) is 6.20 Å². The number of aromatic nitrogens is 2. The van der Waals surface area contributed by atoms with E-state index in [2.05, 4.69) is 15.7 Å². The van der Waals surface area contributed by atoms with Gasteiger partial charge in [-0.25, -0.2) is 4.79 Å². The molecule has 2 heterocycles. The highest BCUT2D eigenvalue weighted by Crippen LogP contribution is 2.15. The molecule has 0 bridgehead atoms. The maximum Gasteiger partial charge on any atom is 0.331 e. The Balaban J connectivity index is 1.96. The molecule has 1 fully saturated rings. The zero-order valence-corrected chi connectivity index (χ0v) is 10.8. The summed E-state index contributed by atoms with van der Waals surface area (Å²) in [4.78, 5) is 23.1. The van der Waals surface area contributed by atoms with Crippen molar-refractivity contribution in [3.8, 4) is 0 Å². The Labute approximate surface area is 111 Å². The molecule has 2 rings (SSSR count). The predicted molar refractivity (Wildman–Crippen MR) is 67.3 cm³/mol. The number of nitrogens with zero attached hydrogens (tertiary/aromatic N) is 2. The van der Waals surface area contributed by atoms with Gasteiger partial charge in [0.15, 0.2) is 6.04 Å². The van der Waals surface area contributed by atoms with Gasteiger partial charge in [0.2, 0.25) is 5.91 Å². The molecule has 1 amide bonds. The van der Waals surface area contributed by atoms with Gasteiger partial charge in [-0.15, -0.1) is 0 Å². The van der Waals surface area contributed by atoms with E-state index in [1.165, 1.54) is 10.9 Å². The van der Waals surface area contributed by atoms with Crippen LogP contribution < -0.4 is 10.6 Å². The molecule has 2 unspecified atom stereocenters. The molecule has 1 aliphatic heterocycles. The van der Waals surface area contributed by atoms with Gasteiger partial charge in [0.1, 0.15) is 0 Å². The van der Waals surface area contributed by atoms with Crippen molar-refractivity contribution in [2.24, 2.45) is 13.0 Å². The van der Waals surface area contributed by atoms with E-state index in [9.17, 15) is 14.7 Å². The molecule has 1 saturated heterocycles. The van der Waals surface area contributed by atoms with E-state index in [1.807, 2.05) is 0 Å². The Morgan fingerprint density at radius 2 is 2.47 bits per heavy atom. The van der Waals surface area contributed by atoms with Crippen LogP contribution in [0.15, 0.2) is 12.4 Å². The van der Waals surface area contributed by atoms with Gasteiger partial charge in [0, 0.05) is 25.2 Å². The smallest absolute Gasteiger partial charge is 0.331 e. The highest BCUT2D eigenvalue weighted by atomic mass is 16.4. The molecule has 7 nitrogen and oxygen atoms in total. The molecule has 104 valence electrons. The zero-order valence-electron chi connectivity index (χ0n) is 10.8. The molecule has 7 heteroatoms. The number of rotatable bonds is 5. The average molecular weight is 266 g/mol. The van der Waals surface area contributed by atoms with Crippen molar-refractivity contribution in [2.75, 3.05) is 13.1 Å². The zero-order chi connectivity index (χ0) is 13.8. The molecule has 0 spiro atoms. The quantitative estimate of drug-likeness (QED) is 0.677. The van der Waals surface area contributed by atoms with Crippen LogP contribution in [0.5, 0.6) is 0 Å². The third-order valence-electron chi connectivity index (χ3n) is 3.25. The number of hydrogen-bond acceptors (Lipinski definition) is 4. The van der Waals surface area contributed by atoms with Crippen molar-refractivity contribution in [2.45, 2.75) is 18.9 Å². The lowest BCUT2D eigenvalue weighted by atomic mass is 10.0. The number of nitrogens with one attached hydrogen (secondary N) is 2. The van der Waals surface area contributed by atoms with E-state index < -0.39 is 12.0 Å². The predicted octanol–water partition coefficient (Wildman–Crippen LogP) is -0.338. The first-order valence-electron chi connectivity index (χ1n) is 6.27. The van der Waals surface area contributed by atoms with Gasteiger partial charge in [0.25, 0.3) is 0 Å². The minimum absolute atomic E-state index is 0.232. The fourth-order valence-corrected chi connectivity index (χ4v) is 2.25. The van der Waals surface area contributed by atoms with Gasteiger partial charge in [-0.2, -0.15) is 5.10 Å². The van der Waals surface area contributed by atoms with Crippen LogP contribution in [0.2, 0.25) is 0 Å². The Morgan fingerprint density at radius 3 is 3.00 bits per heavy atom. The topological polar surface area (TPSA) is 96.2 Å². The number of aliphatic carboxylic acids is 1. The van der Waals surface area contributed by atoms with E-state index in [-0.39, 0.29) is 5.91 Å². The van der Waals surface area contributed by atoms with Gasteiger partial charge in [-0.05, 0) is 25.4 Å². The van der Waals surface area contributed by atoms with E-state index in [1.54, 1.807) is 13.2 Å². The molecule has 1 aliphatic rings. The van der Waals surface area contributed by atoms with Crippen LogP contribution in [0, 0.1) is 5.92 Å². The minimum Gasteiger partial charge on any atom is -0.479 e. The summed E-state index contributed by atoms with van der Waals surface area (Å²) in [6.07, 6.45) is 4.36. The first kappa shape index (κ1) is 13.5. The number of hydrogen-bond donors (Lipinski definition) is 3. The summed E-state index contributed by atoms with van der Waals surface area (Å²) >= 11 is 0. The van der Waals surface area contributed by atoms with Crippen LogP contribution in [0.4, 0.5) is 0 Å². The molecule has 3 N–H and O–H groups in total. The SMILES string of the molecule is Cn1cc(C(NC(=O)CC2CCNC2)C(=O)O)cn1. The Morgan fingerprint density at radius 1 is 1.68 bits per heavy atom. The molecular weight excluding hydrogens is 248 g/mol. The fraction of sp³-hybridized carbons (Fsp3) is 0.583. The van der Waals surface area contributed by atoms with Gasteiger partial charge >= 0.3 is 5.97 Å². The number of carbonyl (C=O) groups excluding carboxylic acids is 1. The monoisotopic (exact) mass is 266 g/mol.